The third kappa shape index (κ3) is 3.01. The first-order chi connectivity index (χ1) is 8.63. The fraction of sp³-hybridized carbons (Fsp3) is 0.667. The zero-order valence-electron chi connectivity index (χ0n) is 10.7. The Morgan fingerprint density at radius 3 is 2.94 bits per heavy atom. The molecule has 1 saturated heterocycles. The summed E-state index contributed by atoms with van der Waals surface area (Å²) in [4.78, 5) is 15.5. The number of aromatic nitrogens is 1. The van der Waals surface area contributed by atoms with Crippen molar-refractivity contribution in [2.75, 3.05) is 25.1 Å². The zero-order valence-corrected chi connectivity index (χ0v) is 10.7. The molecule has 1 fully saturated rings. The highest BCUT2D eigenvalue weighted by Crippen LogP contribution is 2.25. The van der Waals surface area contributed by atoms with Crippen molar-refractivity contribution in [3.63, 3.8) is 0 Å². The summed E-state index contributed by atoms with van der Waals surface area (Å²) in [5.41, 5.74) is 0.0877. The summed E-state index contributed by atoms with van der Waals surface area (Å²) in [5.74, 6) is -0.466. The first kappa shape index (κ1) is 12.9. The maximum atomic E-state index is 11.4. The number of hydrogen-bond donors (Lipinski definition) is 1. The third-order valence-corrected chi connectivity index (χ3v) is 2.99. The molecule has 6 nitrogen and oxygen atoms in total. The van der Waals surface area contributed by atoms with Crippen LogP contribution in [0.25, 0.3) is 0 Å². The van der Waals surface area contributed by atoms with Gasteiger partial charge in [-0.15, -0.1) is 0 Å². The topological polar surface area (TPSA) is 73.6 Å². The van der Waals surface area contributed by atoms with E-state index in [1.54, 1.807) is 6.92 Å². The molecule has 0 radical (unpaired) electrons. The molecule has 0 unspecified atom stereocenters. The van der Waals surface area contributed by atoms with Gasteiger partial charge in [0.25, 0.3) is 6.01 Å². The largest absolute Gasteiger partial charge is 0.461 e. The van der Waals surface area contributed by atoms with E-state index in [9.17, 15) is 4.79 Å². The van der Waals surface area contributed by atoms with Gasteiger partial charge in [-0.25, -0.2) is 4.79 Å². The minimum atomic E-state index is -0.466. The Morgan fingerprint density at radius 2 is 2.28 bits per heavy atom. The monoisotopic (exact) mass is 254 g/mol. The van der Waals surface area contributed by atoms with E-state index in [4.69, 9.17) is 13.9 Å². The van der Waals surface area contributed by atoms with Gasteiger partial charge in [0.05, 0.1) is 6.61 Å². The Bertz CT molecular complexity index is 410. The molecule has 1 N–H and O–H groups in total. The fourth-order valence-electron chi connectivity index (χ4n) is 1.84. The highest BCUT2D eigenvalue weighted by atomic mass is 16.5. The summed E-state index contributed by atoms with van der Waals surface area (Å²) < 4.78 is 15.4. The van der Waals surface area contributed by atoms with Crippen LogP contribution in [-0.2, 0) is 9.47 Å². The lowest BCUT2D eigenvalue weighted by molar-refractivity contribution is 0.0519. The van der Waals surface area contributed by atoms with E-state index in [0.717, 1.165) is 26.1 Å². The van der Waals surface area contributed by atoms with Gasteiger partial charge in [-0.2, -0.15) is 4.98 Å². The molecule has 1 aromatic rings. The summed E-state index contributed by atoms with van der Waals surface area (Å²) in [7, 11) is 0. The summed E-state index contributed by atoms with van der Waals surface area (Å²) in [6.07, 6.45) is 3.07. The number of nitrogens with one attached hydrogen (secondary N) is 1. The molecule has 100 valence electrons. The van der Waals surface area contributed by atoms with Crippen LogP contribution in [-0.4, -0.2) is 36.3 Å². The van der Waals surface area contributed by atoms with Gasteiger partial charge in [0.2, 0.25) is 0 Å². The molecule has 2 rings (SSSR count). The Labute approximate surface area is 106 Å². The van der Waals surface area contributed by atoms with Crippen molar-refractivity contribution in [3.8, 4) is 0 Å². The van der Waals surface area contributed by atoms with E-state index in [1.165, 1.54) is 6.26 Å². The van der Waals surface area contributed by atoms with Crippen molar-refractivity contribution in [2.45, 2.75) is 32.2 Å². The van der Waals surface area contributed by atoms with E-state index in [0.29, 0.717) is 12.6 Å². The predicted molar refractivity (Wildman–Crippen MR) is 64.5 cm³/mol. The molecular formula is C12H18N2O4. The molecule has 1 aromatic heterocycles. The van der Waals surface area contributed by atoms with E-state index in [-0.39, 0.29) is 11.2 Å². The third-order valence-electron chi connectivity index (χ3n) is 2.99. The van der Waals surface area contributed by atoms with Crippen molar-refractivity contribution in [3.05, 3.63) is 12.0 Å². The predicted octanol–water partition coefficient (Wildman–Crippen LogP) is 1.83. The van der Waals surface area contributed by atoms with Gasteiger partial charge in [-0.3, -0.25) is 0 Å². The lowest BCUT2D eigenvalue weighted by atomic mass is 9.93. The number of rotatable bonds is 4. The average Bonchev–Trinajstić information content (AvgIpc) is 2.78. The van der Waals surface area contributed by atoms with Crippen LogP contribution in [0.3, 0.4) is 0 Å². The van der Waals surface area contributed by atoms with Gasteiger partial charge in [0, 0.05) is 18.8 Å². The number of ether oxygens (including phenoxy) is 2. The van der Waals surface area contributed by atoms with Crippen LogP contribution >= 0.6 is 0 Å². The Balaban J connectivity index is 1.99. The molecule has 18 heavy (non-hydrogen) atoms. The number of carbonyl (C=O) groups is 1. The Hall–Kier alpha value is -1.56. The first-order valence-corrected chi connectivity index (χ1v) is 6.11. The Morgan fingerprint density at radius 1 is 1.56 bits per heavy atom. The molecule has 2 heterocycles. The van der Waals surface area contributed by atoms with Gasteiger partial charge < -0.3 is 19.2 Å². The second kappa shape index (κ2) is 5.39. The zero-order chi connectivity index (χ0) is 13.0. The van der Waals surface area contributed by atoms with Crippen molar-refractivity contribution >= 4 is 12.0 Å². The van der Waals surface area contributed by atoms with Crippen LogP contribution in [0, 0.1) is 0 Å². The summed E-state index contributed by atoms with van der Waals surface area (Å²) in [5, 5.41) is 3.21. The molecular weight excluding hydrogens is 236 g/mol. The fourth-order valence-corrected chi connectivity index (χ4v) is 1.84. The lowest BCUT2D eigenvalue weighted by Gasteiger charge is -2.33. The number of nitrogens with zero attached hydrogens (tertiary/aromatic N) is 1. The van der Waals surface area contributed by atoms with Crippen LogP contribution in [0.1, 0.15) is 37.2 Å². The van der Waals surface area contributed by atoms with Crippen molar-refractivity contribution < 1.29 is 18.7 Å². The quantitative estimate of drug-likeness (QED) is 0.826. The average molecular weight is 254 g/mol. The number of oxazole rings is 1. The molecule has 0 atom stereocenters. The van der Waals surface area contributed by atoms with E-state index >= 15 is 0 Å². The number of esters is 1. The van der Waals surface area contributed by atoms with E-state index in [2.05, 4.69) is 17.2 Å². The molecule has 6 heteroatoms. The minimum Gasteiger partial charge on any atom is -0.461 e. The summed E-state index contributed by atoms with van der Waals surface area (Å²) in [6.45, 7) is 5.59. The smallest absolute Gasteiger partial charge is 0.360 e. The second-order valence-corrected chi connectivity index (χ2v) is 4.56. The lowest BCUT2D eigenvalue weighted by Crippen LogP contribution is -2.40. The summed E-state index contributed by atoms with van der Waals surface area (Å²) in [6, 6.07) is 0.349. The van der Waals surface area contributed by atoms with Crippen LogP contribution in [0.4, 0.5) is 6.01 Å². The van der Waals surface area contributed by atoms with Gasteiger partial charge in [0.15, 0.2) is 5.69 Å². The molecule has 1 aliphatic rings. The molecule has 0 aromatic carbocycles. The van der Waals surface area contributed by atoms with Gasteiger partial charge in [-0.05, 0) is 26.7 Å². The van der Waals surface area contributed by atoms with Gasteiger partial charge in [0.1, 0.15) is 6.26 Å². The first-order valence-electron chi connectivity index (χ1n) is 6.11. The highest BCUT2D eigenvalue weighted by molar-refractivity contribution is 5.87. The molecule has 0 saturated carbocycles. The number of carbonyl (C=O) groups excluding carboxylic acids is 1. The molecule has 0 bridgehead atoms. The second-order valence-electron chi connectivity index (χ2n) is 4.56. The van der Waals surface area contributed by atoms with Crippen LogP contribution in [0.15, 0.2) is 10.7 Å². The Kier molecular flexibility index (Phi) is 3.86. The number of anilines is 1. The highest BCUT2D eigenvalue weighted by Gasteiger charge is 2.29. The van der Waals surface area contributed by atoms with Gasteiger partial charge >= 0.3 is 5.97 Å². The van der Waals surface area contributed by atoms with Crippen LogP contribution in [0.2, 0.25) is 0 Å². The molecule has 0 spiro atoms. The van der Waals surface area contributed by atoms with E-state index in [1.807, 2.05) is 0 Å². The van der Waals surface area contributed by atoms with Crippen molar-refractivity contribution in [1.29, 1.82) is 0 Å². The van der Waals surface area contributed by atoms with Crippen molar-refractivity contribution in [1.82, 2.24) is 4.98 Å². The standard InChI is InChI=1S/C12H18N2O4/c1-3-17-10(15)9-8-18-11(13-9)14-12(2)4-6-16-7-5-12/h8H,3-7H2,1-2H3,(H,13,14). The van der Waals surface area contributed by atoms with Crippen LogP contribution < -0.4 is 5.32 Å². The number of hydrogen-bond acceptors (Lipinski definition) is 6. The minimum absolute atomic E-state index is 0.102. The van der Waals surface area contributed by atoms with Crippen molar-refractivity contribution in [2.24, 2.45) is 0 Å². The van der Waals surface area contributed by atoms with Crippen LogP contribution in [0.5, 0.6) is 0 Å². The normalized spacial score (nSPS) is 18.3. The summed E-state index contributed by atoms with van der Waals surface area (Å²) >= 11 is 0. The molecule has 1 aliphatic heterocycles. The van der Waals surface area contributed by atoms with E-state index < -0.39 is 5.97 Å². The maximum absolute atomic E-state index is 11.4. The molecule has 0 aliphatic carbocycles. The van der Waals surface area contributed by atoms with Gasteiger partial charge in [-0.1, -0.05) is 0 Å². The maximum Gasteiger partial charge on any atom is 0.360 e. The molecule has 0 amide bonds. The SMILES string of the molecule is CCOC(=O)c1coc(NC2(C)CCOCC2)n1.